The number of nitrogens with zero attached hydrogens (tertiary/aromatic N) is 3. The normalized spacial score (nSPS) is 23.1. The van der Waals surface area contributed by atoms with Crippen LogP contribution in [0, 0.1) is 18.8 Å². The smallest absolute Gasteiger partial charge is 0.124 e. The topological polar surface area (TPSA) is 45.1 Å². The summed E-state index contributed by atoms with van der Waals surface area (Å²) in [6, 6.07) is 12.9. The third-order valence-corrected chi connectivity index (χ3v) is 5.18. The quantitative estimate of drug-likeness (QED) is 0.886. The molecule has 1 saturated heterocycles. The predicted molar refractivity (Wildman–Crippen MR) is 98.6 cm³/mol. The Morgan fingerprint density at radius 3 is 2.88 bits per heavy atom. The lowest BCUT2D eigenvalue weighted by molar-refractivity contribution is 0.378. The Balaban J connectivity index is 1.21. The highest BCUT2D eigenvalue weighted by molar-refractivity contribution is 5.46. The average Bonchev–Trinajstić information content (AvgIpc) is 3.21. The monoisotopic (exact) mass is 325 g/mol. The van der Waals surface area contributed by atoms with Crippen LogP contribution in [0.25, 0.3) is 0 Å². The van der Waals surface area contributed by atoms with Crippen molar-refractivity contribution in [3.05, 3.63) is 42.1 Å². The highest BCUT2D eigenvalue weighted by atomic mass is 15.3. The molecule has 5 heteroatoms. The zero-order valence-electron chi connectivity index (χ0n) is 14.4. The van der Waals surface area contributed by atoms with Crippen LogP contribution in [0.3, 0.4) is 0 Å². The van der Waals surface area contributed by atoms with Crippen LogP contribution in [0.4, 0.5) is 11.5 Å². The van der Waals surface area contributed by atoms with Gasteiger partial charge in [-0.05, 0) is 37.9 Å². The first-order chi connectivity index (χ1) is 11.8. The molecule has 1 aromatic carbocycles. The fraction of sp³-hybridized carbons (Fsp3) is 0.526. The molecule has 0 spiro atoms. The van der Waals surface area contributed by atoms with E-state index in [4.69, 9.17) is 0 Å². The number of nitrogens with one attached hydrogen (secondary N) is 2. The van der Waals surface area contributed by atoms with E-state index in [1.54, 1.807) is 0 Å². The van der Waals surface area contributed by atoms with Crippen LogP contribution < -0.4 is 15.5 Å². The van der Waals surface area contributed by atoms with E-state index in [-0.39, 0.29) is 0 Å². The SMILES string of the molecule is Cc1cc2n(n1)C[C@H](CNC[C@H]1CCN(c3ccccc3)C1)CN2. The number of anilines is 2. The zero-order valence-corrected chi connectivity index (χ0v) is 14.4. The summed E-state index contributed by atoms with van der Waals surface area (Å²) in [5.41, 5.74) is 2.45. The van der Waals surface area contributed by atoms with Gasteiger partial charge in [0.05, 0.1) is 5.69 Å². The van der Waals surface area contributed by atoms with Crippen LogP contribution in [-0.2, 0) is 6.54 Å². The molecule has 0 amide bonds. The van der Waals surface area contributed by atoms with E-state index in [0.29, 0.717) is 5.92 Å². The molecule has 1 aromatic heterocycles. The summed E-state index contributed by atoms with van der Waals surface area (Å²) in [5, 5.41) is 11.7. The number of hydrogen-bond acceptors (Lipinski definition) is 4. The first-order valence-electron chi connectivity index (χ1n) is 9.07. The Kier molecular flexibility index (Phi) is 4.43. The molecule has 3 heterocycles. The number of benzene rings is 1. The second-order valence-electron chi connectivity index (χ2n) is 7.19. The third-order valence-electron chi connectivity index (χ3n) is 5.18. The van der Waals surface area contributed by atoms with Crippen LogP contribution in [0.5, 0.6) is 0 Å². The van der Waals surface area contributed by atoms with Gasteiger partial charge in [-0.25, -0.2) is 4.68 Å². The fourth-order valence-corrected chi connectivity index (χ4v) is 3.89. The highest BCUT2D eigenvalue weighted by Crippen LogP contribution is 2.23. The number of rotatable bonds is 5. The first kappa shape index (κ1) is 15.5. The molecule has 24 heavy (non-hydrogen) atoms. The Bertz CT molecular complexity index is 666. The minimum atomic E-state index is 0.614. The van der Waals surface area contributed by atoms with Crippen LogP contribution in [0.15, 0.2) is 36.4 Å². The van der Waals surface area contributed by atoms with Crippen molar-refractivity contribution in [2.45, 2.75) is 19.9 Å². The maximum Gasteiger partial charge on any atom is 0.124 e. The van der Waals surface area contributed by atoms with Gasteiger partial charge in [-0.2, -0.15) is 5.10 Å². The lowest BCUT2D eigenvalue weighted by atomic mass is 10.1. The van der Waals surface area contributed by atoms with Gasteiger partial charge in [0.15, 0.2) is 0 Å². The van der Waals surface area contributed by atoms with E-state index >= 15 is 0 Å². The van der Waals surface area contributed by atoms with Gasteiger partial charge in [0.2, 0.25) is 0 Å². The van der Waals surface area contributed by atoms with Crippen molar-refractivity contribution in [2.75, 3.05) is 42.9 Å². The molecular formula is C19H27N5. The Labute approximate surface area is 144 Å². The molecule has 0 bridgehead atoms. The largest absolute Gasteiger partial charge is 0.371 e. The van der Waals surface area contributed by atoms with Crippen molar-refractivity contribution in [1.82, 2.24) is 15.1 Å². The van der Waals surface area contributed by atoms with E-state index in [0.717, 1.165) is 43.6 Å². The predicted octanol–water partition coefficient (Wildman–Crippen LogP) is 2.35. The Morgan fingerprint density at radius 1 is 1.17 bits per heavy atom. The van der Waals surface area contributed by atoms with Gasteiger partial charge in [0.25, 0.3) is 0 Å². The molecule has 5 nitrogen and oxygen atoms in total. The molecule has 2 aliphatic heterocycles. The van der Waals surface area contributed by atoms with Gasteiger partial charge < -0.3 is 15.5 Å². The molecule has 2 atom stereocenters. The number of hydrogen-bond donors (Lipinski definition) is 2. The number of aryl methyl sites for hydroxylation is 1. The van der Waals surface area contributed by atoms with Crippen molar-refractivity contribution in [2.24, 2.45) is 11.8 Å². The van der Waals surface area contributed by atoms with E-state index in [1.165, 1.54) is 25.2 Å². The van der Waals surface area contributed by atoms with Gasteiger partial charge in [0.1, 0.15) is 5.82 Å². The molecule has 2 aliphatic rings. The van der Waals surface area contributed by atoms with Crippen molar-refractivity contribution >= 4 is 11.5 Å². The van der Waals surface area contributed by atoms with Crippen molar-refractivity contribution in [3.63, 3.8) is 0 Å². The molecule has 0 aliphatic carbocycles. The molecule has 2 N–H and O–H groups in total. The average molecular weight is 325 g/mol. The molecule has 1 fully saturated rings. The van der Waals surface area contributed by atoms with E-state index in [2.05, 4.69) is 68.6 Å². The van der Waals surface area contributed by atoms with Crippen LogP contribution in [0.1, 0.15) is 12.1 Å². The minimum absolute atomic E-state index is 0.614. The van der Waals surface area contributed by atoms with Crippen molar-refractivity contribution in [3.8, 4) is 0 Å². The molecule has 2 aromatic rings. The first-order valence-corrected chi connectivity index (χ1v) is 9.07. The van der Waals surface area contributed by atoms with Gasteiger partial charge in [0, 0.05) is 50.4 Å². The van der Waals surface area contributed by atoms with Crippen LogP contribution in [0.2, 0.25) is 0 Å². The lowest BCUT2D eigenvalue weighted by Gasteiger charge is -2.25. The highest BCUT2D eigenvalue weighted by Gasteiger charge is 2.23. The summed E-state index contributed by atoms with van der Waals surface area (Å²) >= 11 is 0. The molecule has 0 unspecified atom stereocenters. The summed E-state index contributed by atoms with van der Waals surface area (Å²) < 4.78 is 2.11. The number of fused-ring (bicyclic) bond motifs is 1. The summed E-state index contributed by atoms with van der Waals surface area (Å²) in [6.45, 7) is 8.64. The summed E-state index contributed by atoms with van der Waals surface area (Å²) in [6.07, 6.45) is 1.29. The third kappa shape index (κ3) is 3.41. The Hall–Kier alpha value is -2.01. The summed E-state index contributed by atoms with van der Waals surface area (Å²) in [5.74, 6) is 2.53. The molecule has 128 valence electrons. The molecule has 0 radical (unpaired) electrons. The van der Waals surface area contributed by atoms with Gasteiger partial charge in [-0.15, -0.1) is 0 Å². The summed E-state index contributed by atoms with van der Waals surface area (Å²) in [7, 11) is 0. The second kappa shape index (κ2) is 6.85. The summed E-state index contributed by atoms with van der Waals surface area (Å²) in [4.78, 5) is 2.51. The van der Waals surface area contributed by atoms with Gasteiger partial charge in [-0.3, -0.25) is 0 Å². The van der Waals surface area contributed by atoms with Gasteiger partial charge in [-0.1, -0.05) is 18.2 Å². The molecule has 4 rings (SSSR count). The number of aromatic nitrogens is 2. The molecule has 0 saturated carbocycles. The number of para-hydroxylation sites is 1. The zero-order chi connectivity index (χ0) is 16.4. The minimum Gasteiger partial charge on any atom is -0.371 e. The van der Waals surface area contributed by atoms with E-state index < -0.39 is 0 Å². The second-order valence-corrected chi connectivity index (χ2v) is 7.19. The van der Waals surface area contributed by atoms with Crippen molar-refractivity contribution < 1.29 is 0 Å². The van der Waals surface area contributed by atoms with E-state index in [1.807, 2.05) is 0 Å². The van der Waals surface area contributed by atoms with Crippen LogP contribution in [-0.4, -0.2) is 42.5 Å². The maximum absolute atomic E-state index is 4.55. The van der Waals surface area contributed by atoms with Crippen molar-refractivity contribution in [1.29, 1.82) is 0 Å². The van der Waals surface area contributed by atoms with Gasteiger partial charge >= 0.3 is 0 Å². The van der Waals surface area contributed by atoms with Crippen LogP contribution >= 0.6 is 0 Å². The standard InChI is InChI=1S/C19H27N5/c1-15-9-19-21-12-17(14-24(19)22-15)11-20-10-16-7-8-23(13-16)18-5-3-2-4-6-18/h2-6,9,16-17,20-21H,7-8,10-14H2,1H3/t16-,17-/m1/s1. The Morgan fingerprint density at radius 2 is 2.00 bits per heavy atom. The fourth-order valence-electron chi connectivity index (χ4n) is 3.89. The lowest BCUT2D eigenvalue weighted by Crippen LogP contribution is -2.37. The maximum atomic E-state index is 4.55. The van der Waals surface area contributed by atoms with E-state index in [9.17, 15) is 0 Å². The molecular weight excluding hydrogens is 298 g/mol.